The quantitative estimate of drug-likeness (QED) is 0.463. The molecule has 2 aromatic carbocycles. The first kappa shape index (κ1) is 20.9. The summed E-state index contributed by atoms with van der Waals surface area (Å²) in [4.78, 5) is 25.2. The normalized spacial score (nSPS) is 15.8. The summed E-state index contributed by atoms with van der Waals surface area (Å²) < 4.78 is 1.53. The number of nitrogens with one attached hydrogen (secondary N) is 1. The van der Waals surface area contributed by atoms with E-state index in [4.69, 9.17) is 11.6 Å². The molecule has 4 rings (SSSR count). The summed E-state index contributed by atoms with van der Waals surface area (Å²) in [7, 11) is 0. The van der Waals surface area contributed by atoms with Gasteiger partial charge in [-0.3, -0.25) is 14.9 Å². The van der Waals surface area contributed by atoms with Crippen molar-refractivity contribution in [1.82, 2.24) is 15.1 Å². The maximum absolute atomic E-state index is 12.6. The molecule has 31 heavy (non-hydrogen) atoms. The third kappa shape index (κ3) is 4.69. The third-order valence-electron chi connectivity index (χ3n) is 5.52. The molecule has 0 spiro atoms. The van der Waals surface area contributed by atoms with Crippen molar-refractivity contribution in [2.75, 3.05) is 24.5 Å². The van der Waals surface area contributed by atoms with Crippen LogP contribution in [0.3, 0.4) is 0 Å². The van der Waals surface area contributed by atoms with Crippen molar-refractivity contribution in [2.24, 2.45) is 5.92 Å². The Balaban J connectivity index is 1.33. The number of benzene rings is 2. The van der Waals surface area contributed by atoms with E-state index in [0.29, 0.717) is 23.7 Å². The third-order valence-corrected chi connectivity index (χ3v) is 5.75. The lowest BCUT2D eigenvalue weighted by atomic mass is 10.1. The number of nitro groups is 1. The summed E-state index contributed by atoms with van der Waals surface area (Å²) in [5.41, 5.74) is 3.43. The summed E-state index contributed by atoms with van der Waals surface area (Å²) in [5.74, 6) is 0.164. The molecule has 1 unspecified atom stereocenters. The van der Waals surface area contributed by atoms with Gasteiger partial charge in [-0.2, -0.15) is 5.10 Å². The number of aromatic nitrogens is 2. The second kappa shape index (κ2) is 8.77. The highest BCUT2D eigenvalue weighted by molar-refractivity contribution is 6.30. The first-order valence-corrected chi connectivity index (χ1v) is 10.4. The van der Waals surface area contributed by atoms with E-state index in [1.807, 2.05) is 18.2 Å². The van der Waals surface area contributed by atoms with Gasteiger partial charge in [-0.05, 0) is 49.1 Å². The summed E-state index contributed by atoms with van der Waals surface area (Å²) in [6, 6.07) is 11.9. The van der Waals surface area contributed by atoms with E-state index in [2.05, 4.69) is 22.2 Å². The van der Waals surface area contributed by atoms with Crippen LogP contribution in [0.15, 0.2) is 54.9 Å². The van der Waals surface area contributed by atoms with Crippen molar-refractivity contribution in [3.8, 4) is 5.69 Å². The Kier molecular flexibility index (Phi) is 5.90. The average molecular weight is 440 g/mol. The van der Waals surface area contributed by atoms with Gasteiger partial charge in [0.2, 0.25) is 0 Å². The van der Waals surface area contributed by atoms with Gasteiger partial charge in [0.25, 0.3) is 11.6 Å². The lowest BCUT2D eigenvalue weighted by molar-refractivity contribution is -0.384. The van der Waals surface area contributed by atoms with Crippen LogP contribution in [0.5, 0.6) is 0 Å². The number of amides is 1. The van der Waals surface area contributed by atoms with Gasteiger partial charge in [0.1, 0.15) is 0 Å². The number of carbonyl (C=O) groups is 1. The molecule has 0 radical (unpaired) electrons. The largest absolute Gasteiger partial charge is 0.371 e. The highest BCUT2D eigenvalue weighted by atomic mass is 35.5. The molecule has 1 saturated heterocycles. The Morgan fingerprint density at radius 2 is 2.06 bits per heavy atom. The number of rotatable bonds is 6. The fraction of sp³-hybridized carbons (Fsp3) is 0.273. The lowest BCUT2D eigenvalue weighted by Crippen LogP contribution is -2.31. The predicted molar refractivity (Wildman–Crippen MR) is 119 cm³/mol. The smallest absolute Gasteiger partial charge is 0.269 e. The number of non-ortho nitro benzene ring substituents is 1. The number of anilines is 1. The maximum atomic E-state index is 12.6. The van der Waals surface area contributed by atoms with Gasteiger partial charge >= 0.3 is 0 Å². The van der Waals surface area contributed by atoms with Crippen molar-refractivity contribution >= 4 is 28.9 Å². The van der Waals surface area contributed by atoms with Gasteiger partial charge < -0.3 is 10.2 Å². The van der Waals surface area contributed by atoms with E-state index in [-0.39, 0.29) is 11.6 Å². The summed E-state index contributed by atoms with van der Waals surface area (Å²) >= 11 is 6.15. The molecule has 1 N–H and O–H groups in total. The molecule has 1 aliphatic rings. The van der Waals surface area contributed by atoms with Crippen molar-refractivity contribution in [3.63, 3.8) is 0 Å². The number of hydrogen-bond donors (Lipinski definition) is 1. The van der Waals surface area contributed by atoms with E-state index in [9.17, 15) is 14.9 Å². The fourth-order valence-electron chi connectivity index (χ4n) is 3.79. The molecule has 0 saturated carbocycles. The highest BCUT2D eigenvalue weighted by Crippen LogP contribution is 2.29. The average Bonchev–Trinajstić information content (AvgIpc) is 3.44. The Labute approximate surface area is 184 Å². The van der Waals surface area contributed by atoms with Gasteiger partial charge in [-0.15, -0.1) is 0 Å². The van der Waals surface area contributed by atoms with E-state index in [0.717, 1.165) is 30.2 Å². The van der Waals surface area contributed by atoms with Crippen LogP contribution in [0.1, 0.15) is 22.3 Å². The van der Waals surface area contributed by atoms with Gasteiger partial charge in [0, 0.05) is 48.7 Å². The van der Waals surface area contributed by atoms with Crippen LogP contribution in [-0.2, 0) is 0 Å². The van der Waals surface area contributed by atoms with Crippen LogP contribution in [-0.4, -0.2) is 40.2 Å². The number of nitrogens with zero attached hydrogens (tertiary/aromatic N) is 4. The zero-order valence-corrected chi connectivity index (χ0v) is 17.7. The number of carbonyl (C=O) groups excluding carboxylic acids is 1. The van der Waals surface area contributed by atoms with Crippen LogP contribution < -0.4 is 10.2 Å². The zero-order chi connectivity index (χ0) is 22.0. The Morgan fingerprint density at radius 1 is 1.29 bits per heavy atom. The van der Waals surface area contributed by atoms with Gasteiger partial charge in [-0.25, -0.2) is 4.68 Å². The van der Waals surface area contributed by atoms with Gasteiger partial charge in [0.05, 0.1) is 22.4 Å². The minimum Gasteiger partial charge on any atom is -0.371 e. The van der Waals surface area contributed by atoms with Gasteiger partial charge in [0.15, 0.2) is 0 Å². The number of halogens is 1. The van der Waals surface area contributed by atoms with Crippen LogP contribution >= 0.6 is 11.6 Å². The molecule has 1 atom stereocenters. The lowest BCUT2D eigenvalue weighted by Gasteiger charge is -2.21. The predicted octanol–water partition coefficient (Wildman–Crippen LogP) is 4.00. The molecule has 3 aromatic rings. The topological polar surface area (TPSA) is 93.3 Å². The Morgan fingerprint density at radius 3 is 2.81 bits per heavy atom. The highest BCUT2D eigenvalue weighted by Gasteiger charge is 2.24. The van der Waals surface area contributed by atoms with Crippen molar-refractivity contribution < 1.29 is 9.72 Å². The van der Waals surface area contributed by atoms with E-state index in [1.165, 1.54) is 28.6 Å². The zero-order valence-electron chi connectivity index (χ0n) is 17.0. The first-order chi connectivity index (χ1) is 14.9. The molecule has 9 heteroatoms. The van der Waals surface area contributed by atoms with E-state index < -0.39 is 4.92 Å². The van der Waals surface area contributed by atoms with Crippen molar-refractivity contribution in [3.05, 3.63) is 81.1 Å². The van der Waals surface area contributed by atoms with Crippen LogP contribution in [0.2, 0.25) is 5.02 Å². The summed E-state index contributed by atoms with van der Waals surface area (Å²) in [5, 5.41) is 18.7. The monoisotopic (exact) mass is 439 g/mol. The number of aryl methyl sites for hydroxylation is 1. The molecule has 8 nitrogen and oxygen atoms in total. The molecule has 1 amide bonds. The second-order valence-electron chi connectivity index (χ2n) is 7.69. The second-order valence-corrected chi connectivity index (χ2v) is 8.13. The molecule has 1 aromatic heterocycles. The standard InChI is InChI=1S/C22H22ClN5O3/c1-15-2-3-18(23)10-21(15)26-9-8-16(13-26)11-24-22(29)17-12-25-27(14-17)19-4-6-20(7-5-19)28(30)31/h2-7,10,12,14,16H,8-9,11,13H2,1H3,(H,24,29). The molecule has 1 fully saturated rings. The fourth-order valence-corrected chi connectivity index (χ4v) is 3.96. The summed E-state index contributed by atoms with van der Waals surface area (Å²) in [6.07, 6.45) is 4.11. The minimum atomic E-state index is -0.455. The Hall–Kier alpha value is -3.39. The van der Waals surface area contributed by atoms with E-state index in [1.54, 1.807) is 18.3 Å². The van der Waals surface area contributed by atoms with Crippen molar-refractivity contribution in [2.45, 2.75) is 13.3 Å². The SMILES string of the molecule is Cc1ccc(Cl)cc1N1CCC(CNC(=O)c2cnn(-c3ccc([N+](=O)[O-])cc3)c2)C1. The molecule has 0 aliphatic carbocycles. The molecular weight excluding hydrogens is 418 g/mol. The molecule has 0 bridgehead atoms. The Bertz CT molecular complexity index is 1110. The number of hydrogen-bond acceptors (Lipinski definition) is 5. The molecular formula is C22H22ClN5O3. The molecule has 1 aliphatic heterocycles. The first-order valence-electron chi connectivity index (χ1n) is 9.99. The molecule has 2 heterocycles. The van der Waals surface area contributed by atoms with Crippen LogP contribution in [0.25, 0.3) is 5.69 Å². The van der Waals surface area contributed by atoms with Crippen LogP contribution in [0.4, 0.5) is 11.4 Å². The molecule has 160 valence electrons. The van der Waals surface area contributed by atoms with E-state index >= 15 is 0 Å². The van der Waals surface area contributed by atoms with Crippen LogP contribution in [0, 0.1) is 23.0 Å². The van der Waals surface area contributed by atoms with Crippen molar-refractivity contribution in [1.29, 1.82) is 0 Å². The minimum absolute atomic E-state index is 0.00690. The van der Waals surface area contributed by atoms with Gasteiger partial charge in [-0.1, -0.05) is 17.7 Å². The number of nitro benzene ring substituents is 1. The maximum Gasteiger partial charge on any atom is 0.269 e. The summed E-state index contributed by atoms with van der Waals surface area (Å²) in [6.45, 7) is 4.45.